The molecule has 0 aromatic rings. The monoisotopic (exact) mass is 548 g/mol. The van der Waals surface area contributed by atoms with Gasteiger partial charge in [0.1, 0.15) is 0 Å². The number of amides is 2. The van der Waals surface area contributed by atoms with Gasteiger partial charge in [0, 0.05) is 12.8 Å². The van der Waals surface area contributed by atoms with Crippen LogP contribution in [0.3, 0.4) is 0 Å². The quantitative estimate of drug-likeness (QED) is 0.0693. The van der Waals surface area contributed by atoms with Crippen LogP contribution in [-0.4, -0.2) is 11.8 Å². The van der Waals surface area contributed by atoms with E-state index in [9.17, 15) is 9.59 Å². The number of carbonyl (C=O) groups excluding carboxylic acids is 2. The predicted molar refractivity (Wildman–Crippen MR) is 172 cm³/mol. The molecule has 3 nitrogen and oxygen atoms in total. The smallest absolute Gasteiger partial charge is 0.226 e. The minimum absolute atomic E-state index is 0.0811. The number of allylic oxidation sites excluding steroid dienone is 2. The summed E-state index contributed by atoms with van der Waals surface area (Å²) in [6.45, 7) is 4.55. The summed E-state index contributed by atoms with van der Waals surface area (Å²) in [6, 6.07) is 0. The van der Waals surface area contributed by atoms with Crippen LogP contribution >= 0.6 is 0 Å². The third-order valence-electron chi connectivity index (χ3n) is 7.95. The Kier molecular flexibility index (Phi) is 32.1. The van der Waals surface area contributed by atoms with Gasteiger partial charge in [-0.15, -0.1) is 0 Å². The van der Waals surface area contributed by atoms with Gasteiger partial charge in [-0.2, -0.15) is 0 Å². The van der Waals surface area contributed by atoms with Gasteiger partial charge in [-0.25, -0.2) is 0 Å². The number of rotatable bonds is 31. The zero-order valence-electron chi connectivity index (χ0n) is 26.7. The Morgan fingerprint density at radius 2 is 0.641 bits per heavy atom. The lowest BCUT2D eigenvalue weighted by Gasteiger charge is -2.05. The van der Waals surface area contributed by atoms with Crippen molar-refractivity contribution in [3.63, 3.8) is 0 Å². The molecule has 0 fully saturated rings. The predicted octanol–water partition coefficient (Wildman–Crippen LogP) is 11.9. The van der Waals surface area contributed by atoms with Crippen molar-refractivity contribution in [3.05, 3.63) is 12.2 Å². The fraction of sp³-hybridized carbons (Fsp3) is 0.889. The van der Waals surface area contributed by atoms with Gasteiger partial charge in [0.05, 0.1) is 0 Å². The molecular weight excluding hydrogens is 478 g/mol. The highest BCUT2D eigenvalue weighted by Crippen LogP contribution is 2.14. The SMILES string of the molecule is CCCCCCCC/C=C\CCCCCCCC(=O)NC(=O)CCCCCCCCCCCCCCCCC. The maximum Gasteiger partial charge on any atom is 0.226 e. The highest BCUT2D eigenvalue weighted by Gasteiger charge is 2.07. The number of unbranched alkanes of at least 4 members (excludes halogenated alkanes) is 25. The van der Waals surface area contributed by atoms with Gasteiger partial charge < -0.3 is 0 Å². The minimum Gasteiger partial charge on any atom is -0.296 e. The second-order valence-electron chi connectivity index (χ2n) is 12.0. The van der Waals surface area contributed by atoms with Crippen LogP contribution < -0.4 is 5.32 Å². The molecule has 0 aromatic heterocycles. The molecule has 0 aliphatic heterocycles. The molecule has 0 aliphatic carbocycles. The van der Waals surface area contributed by atoms with Gasteiger partial charge in [-0.1, -0.05) is 167 Å². The molecule has 0 saturated heterocycles. The standard InChI is InChI=1S/C36H69NO2/c1-3-5-7-9-11-13-15-17-19-21-23-25-27-29-31-33-35(38)37-36(39)34-32-30-28-26-24-22-20-18-16-14-12-10-8-6-4-2/h17,19H,3-16,18,20-34H2,1-2H3,(H,37,38,39)/b19-17-. The van der Waals surface area contributed by atoms with Gasteiger partial charge in [0.2, 0.25) is 11.8 Å². The Morgan fingerprint density at radius 3 is 0.949 bits per heavy atom. The molecule has 0 aliphatic rings. The topological polar surface area (TPSA) is 46.2 Å². The normalized spacial score (nSPS) is 11.4. The second-order valence-corrected chi connectivity index (χ2v) is 12.0. The molecule has 0 bridgehead atoms. The fourth-order valence-electron chi connectivity index (χ4n) is 5.29. The number of carbonyl (C=O) groups is 2. The Bertz CT molecular complexity index is 542. The van der Waals surface area contributed by atoms with Crippen LogP contribution in [0.2, 0.25) is 0 Å². The van der Waals surface area contributed by atoms with E-state index < -0.39 is 0 Å². The van der Waals surface area contributed by atoms with E-state index >= 15 is 0 Å². The lowest BCUT2D eigenvalue weighted by Crippen LogP contribution is -2.29. The van der Waals surface area contributed by atoms with Gasteiger partial charge >= 0.3 is 0 Å². The van der Waals surface area contributed by atoms with Crippen molar-refractivity contribution in [2.45, 2.75) is 206 Å². The summed E-state index contributed by atoms with van der Waals surface area (Å²) in [6.07, 6.45) is 41.8. The fourth-order valence-corrected chi connectivity index (χ4v) is 5.29. The number of hydrogen-bond donors (Lipinski definition) is 1. The Morgan fingerprint density at radius 1 is 0.385 bits per heavy atom. The molecule has 0 saturated carbocycles. The average molecular weight is 548 g/mol. The number of imide groups is 1. The van der Waals surface area contributed by atoms with Crippen LogP contribution in [0.4, 0.5) is 0 Å². The lowest BCUT2D eigenvalue weighted by atomic mass is 10.0. The summed E-state index contributed by atoms with van der Waals surface area (Å²) in [5.74, 6) is -0.166. The molecule has 2 amide bonds. The van der Waals surface area contributed by atoms with Crippen molar-refractivity contribution in [1.82, 2.24) is 5.32 Å². The highest BCUT2D eigenvalue weighted by molar-refractivity contribution is 5.95. The minimum atomic E-state index is -0.0846. The van der Waals surface area contributed by atoms with Gasteiger partial charge in [-0.3, -0.25) is 14.9 Å². The van der Waals surface area contributed by atoms with E-state index in [0.29, 0.717) is 12.8 Å². The molecule has 0 radical (unpaired) electrons. The number of hydrogen-bond acceptors (Lipinski definition) is 2. The van der Waals surface area contributed by atoms with Crippen molar-refractivity contribution in [1.29, 1.82) is 0 Å². The Labute approximate surface area is 245 Å². The molecule has 1 N–H and O–H groups in total. The first-order chi connectivity index (χ1) is 19.2. The molecule has 0 rings (SSSR count). The maximum atomic E-state index is 12.0. The van der Waals surface area contributed by atoms with Crippen LogP contribution in [0.5, 0.6) is 0 Å². The second kappa shape index (κ2) is 33.1. The molecule has 0 heterocycles. The van der Waals surface area contributed by atoms with E-state index in [4.69, 9.17) is 0 Å². The van der Waals surface area contributed by atoms with E-state index in [1.807, 2.05) is 0 Å². The van der Waals surface area contributed by atoms with E-state index in [1.54, 1.807) is 0 Å². The molecule has 39 heavy (non-hydrogen) atoms. The van der Waals surface area contributed by atoms with Crippen LogP contribution in [0, 0.1) is 0 Å². The molecule has 0 spiro atoms. The molecule has 0 atom stereocenters. The average Bonchev–Trinajstić information content (AvgIpc) is 2.93. The maximum absolute atomic E-state index is 12.0. The van der Waals surface area contributed by atoms with E-state index in [2.05, 4.69) is 31.3 Å². The van der Waals surface area contributed by atoms with Crippen LogP contribution in [0.15, 0.2) is 12.2 Å². The van der Waals surface area contributed by atoms with Crippen LogP contribution in [0.1, 0.15) is 206 Å². The first kappa shape index (κ1) is 37.9. The van der Waals surface area contributed by atoms with Gasteiger partial charge in [0.25, 0.3) is 0 Å². The van der Waals surface area contributed by atoms with Crippen molar-refractivity contribution in [2.24, 2.45) is 0 Å². The summed E-state index contributed by atoms with van der Waals surface area (Å²) in [5.41, 5.74) is 0. The van der Waals surface area contributed by atoms with Crippen LogP contribution in [-0.2, 0) is 9.59 Å². The molecule has 230 valence electrons. The first-order valence-electron chi connectivity index (χ1n) is 17.7. The lowest BCUT2D eigenvalue weighted by molar-refractivity contribution is -0.130. The zero-order valence-corrected chi connectivity index (χ0v) is 26.7. The Balaban J connectivity index is 3.32. The zero-order chi connectivity index (χ0) is 28.5. The van der Waals surface area contributed by atoms with E-state index in [0.717, 1.165) is 25.7 Å². The summed E-state index contributed by atoms with van der Waals surface area (Å²) in [7, 11) is 0. The van der Waals surface area contributed by atoms with Gasteiger partial charge in [0.15, 0.2) is 0 Å². The summed E-state index contributed by atoms with van der Waals surface area (Å²) >= 11 is 0. The summed E-state index contributed by atoms with van der Waals surface area (Å²) in [4.78, 5) is 24.0. The van der Waals surface area contributed by atoms with E-state index in [-0.39, 0.29) is 11.8 Å². The van der Waals surface area contributed by atoms with Crippen molar-refractivity contribution >= 4 is 11.8 Å². The summed E-state index contributed by atoms with van der Waals surface area (Å²) in [5, 5.41) is 2.59. The third-order valence-corrected chi connectivity index (χ3v) is 7.95. The summed E-state index contributed by atoms with van der Waals surface area (Å²) < 4.78 is 0. The third kappa shape index (κ3) is 33.0. The molecule has 3 heteroatoms. The molecular formula is C36H69NO2. The van der Waals surface area contributed by atoms with Crippen LogP contribution in [0.25, 0.3) is 0 Å². The Hall–Kier alpha value is -1.12. The van der Waals surface area contributed by atoms with Gasteiger partial charge in [-0.05, 0) is 38.5 Å². The molecule has 0 aromatic carbocycles. The van der Waals surface area contributed by atoms with E-state index in [1.165, 1.54) is 154 Å². The van der Waals surface area contributed by atoms with Crippen molar-refractivity contribution < 1.29 is 9.59 Å². The van der Waals surface area contributed by atoms with Crippen molar-refractivity contribution in [2.75, 3.05) is 0 Å². The highest BCUT2D eigenvalue weighted by atomic mass is 16.2. The largest absolute Gasteiger partial charge is 0.296 e. The van der Waals surface area contributed by atoms with Crippen molar-refractivity contribution in [3.8, 4) is 0 Å². The molecule has 0 unspecified atom stereocenters. The number of nitrogens with one attached hydrogen (secondary N) is 1. The first-order valence-corrected chi connectivity index (χ1v) is 17.7.